The minimum absolute atomic E-state index is 0.553. The number of hydrogen-bond donors (Lipinski definition) is 2. The molecule has 2 unspecified atom stereocenters. The molecule has 1 aromatic heterocycles. The zero-order valence-electron chi connectivity index (χ0n) is 12.6. The van der Waals surface area contributed by atoms with Gasteiger partial charge in [-0.3, -0.25) is 4.68 Å². The van der Waals surface area contributed by atoms with E-state index in [1.807, 2.05) is 11.7 Å². The summed E-state index contributed by atoms with van der Waals surface area (Å²) in [6, 6.07) is 0.553. The van der Waals surface area contributed by atoms with Crippen molar-refractivity contribution < 1.29 is 0 Å². The van der Waals surface area contributed by atoms with Crippen LogP contribution in [0, 0.1) is 5.92 Å². The van der Waals surface area contributed by atoms with Crippen molar-refractivity contribution in [3.05, 3.63) is 5.69 Å². The highest BCUT2D eigenvalue weighted by molar-refractivity contribution is 5.65. The summed E-state index contributed by atoms with van der Waals surface area (Å²) in [7, 11) is 1.98. The molecule has 4 nitrogen and oxygen atoms in total. The maximum atomic E-state index is 6.23. The predicted molar refractivity (Wildman–Crippen MR) is 81.3 cm³/mol. The molecule has 1 fully saturated rings. The van der Waals surface area contributed by atoms with Crippen molar-refractivity contribution in [2.75, 3.05) is 11.1 Å². The van der Waals surface area contributed by atoms with Gasteiger partial charge in [-0.15, -0.1) is 0 Å². The minimum atomic E-state index is 0.553. The summed E-state index contributed by atoms with van der Waals surface area (Å²) in [5.74, 6) is 1.88. The molecule has 19 heavy (non-hydrogen) atoms. The van der Waals surface area contributed by atoms with Crippen molar-refractivity contribution in [3.8, 4) is 0 Å². The standard InChI is InChI=1S/C15H28N4/c1-4-6-13-14(16)15(19(3)18-13)17-12-8-5-7-11(2)9-10-12/h11-12,17H,4-10,16H2,1-3H3. The SMILES string of the molecule is CCCc1nn(C)c(NC2CCCC(C)CC2)c1N. The van der Waals surface area contributed by atoms with Gasteiger partial charge in [0, 0.05) is 13.1 Å². The van der Waals surface area contributed by atoms with E-state index in [4.69, 9.17) is 5.73 Å². The van der Waals surface area contributed by atoms with Crippen molar-refractivity contribution in [1.29, 1.82) is 0 Å². The van der Waals surface area contributed by atoms with E-state index in [9.17, 15) is 0 Å². The second kappa shape index (κ2) is 6.31. The van der Waals surface area contributed by atoms with Crippen molar-refractivity contribution in [1.82, 2.24) is 9.78 Å². The summed E-state index contributed by atoms with van der Waals surface area (Å²) in [5, 5.41) is 8.17. The largest absolute Gasteiger partial charge is 0.394 e. The molecule has 108 valence electrons. The topological polar surface area (TPSA) is 55.9 Å². The van der Waals surface area contributed by atoms with E-state index in [1.54, 1.807) is 0 Å². The summed E-state index contributed by atoms with van der Waals surface area (Å²) < 4.78 is 1.91. The average Bonchev–Trinajstić information content (AvgIpc) is 2.56. The van der Waals surface area contributed by atoms with E-state index in [-0.39, 0.29) is 0 Å². The fourth-order valence-corrected chi connectivity index (χ4v) is 3.01. The molecule has 1 heterocycles. The van der Waals surface area contributed by atoms with Crippen LogP contribution in [0.15, 0.2) is 0 Å². The van der Waals surface area contributed by atoms with Gasteiger partial charge < -0.3 is 11.1 Å². The highest BCUT2D eigenvalue weighted by Gasteiger charge is 2.19. The van der Waals surface area contributed by atoms with E-state index < -0.39 is 0 Å². The van der Waals surface area contributed by atoms with Crippen molar-refractivity contribution in [2.24, 2.45) is 13.0 Å². The summed E-state index contributed by atoms with van der Waals surface area (Å²) in [4.78, 5) is 0. The fraction of sp³-hybridized carbons (Fsp3) is 0.800. The molecule has 1 aliphatic carbocycles. The van der Waals surface area contributed by atoms with Crippen LogP contribution >= 0.6 is 0 Å². The number of rotatable bonds is 4. The third kappa shape index (κ3) is 3.43. The van der Waals surface area contributed by atoms with Crippen LogP contribution in [0.5, 0.6) is 0 Å². The zero-order valence-corrected chi connectivity index (χ0v) is 12.6. The van der Waals surface area contributed by atoms with E-state index >= 15 is 0 Å². The number of aryl methyl sites for hydroxylation is 2. The molecule has 0 saturated heterocycles. The monoisotopic (exact) mass is 264 g/mol. The number of nitrogens with one attached hydrogen (secondary N) is 1. The van der Waals surface area contributed by atoms with Gasteiger partial charge >= 0.3 is 0 Å². The van der Waals surface area contributed by atoms with Gasteiger partial charge in [-0.25, -0.2) is 0 Å². The Morgan fingerprint density at radius 1 is 1.32 bits per heavy atom. The van der Waals surface area contributed by atoms with Gasteiger partial charge in [0.15, 0.2) is 0 Å². The van der Waals surface area contributed by atoms with Gasteiger partial charge in [-0.1, -0.05) is 33.1 Å². The van der Waals surface area contributed by atoms with Crippen molar-refractivity contribution in [3.63, 3.8) is 0 Å². The molecule has 0 amide bonds. The first-order chi connectivity index (χ1) is 9.11. The minimum Gasteiger partial charge on any atom is -0.394 e. The quantitative estimate of drug-likeness (QED) is 0.820. The second-order valence-corrected chi connectivity index (χ2v) is 6.04. The van der Waals surface area contributed by atoms with E-state index in [0.717, 1.165) is 36.0 Å². The first-order valence-corrected chi connectivity index (χ1v) is 7.69. The lowest BCUT2D eigenvalue weighted by Crippen LogP contribution is -2.21. The molecule has 2 rings (SSSR count). The lowest BCUT2D eigenvalue weighted by atomic mass is 10.0. The predicted octanol–water partition coefficient (Wildman–Crippen LogP) is 3.34. The molecule has 4 heteroatoms. The average molecular weight is 264 g/mol. The molecule has 0 bridgehead atoms. The maximum absolute atomic E-state index is 6.23. The fourth-order valence-electron chi connectivity index (χ4n) is 3.01. The third-order valence-electron chi connectivity index (χ3n) is 4.25. The first kappa shape index (κ1) is 14.2. The third-order valence-corrected chi connectivity index (χ3v) is 4.25. The normalized spacial score (nSPS) is 24.2. The van der Waals surface area contributed by atoms with Crippen LogP contribution in [0.3, 0.4) is 0 Å². The molecule has 0 aromatic carbocycles. The molecule has 1 aliphatic rings. The Morgan fingerprint density at radius 3 is 2.84 bits per heavy atom. The van der Waals surface area contributed by atoms with E-state index in [2.05, 4.69) is 24.3 Å². The second-order valence-electron chi connectivity index (χ2n) is 6.04. The molecule has 0 radical (unpaired) electrons. The Bertz CT molecular complexity index is 411. The van der Waals surface area contributed by atoms with Crippen LogP contribution in [0.2, 0.25) is 0 Å². The van der Waals surface area contributed by atoms with Crippen LogP contribution in [0.25, 0.3) is 0 Å². The lowest BCUT2D eigenvalue weighted by molar-refractivity contribution is 0.501. The highest BCUT2D eigenvalue weighted by Crippen LogP contribution is 2.28. The van der Waals surface area contributed by atoms with Gasteiger partial charge in [0.1, 0.15) is 5.82 Å². The number of nitrogens with zero attached hydrogens (tertiary/aromatic N) is 2. The van der Waals surface area contributed by atoms with Gasteiger partial charge in [-0.05, 0) is 31.6 Å². The number of aromatic nitrogens is 2. The Morgan fingerprint density at radius 2 is 2.11 bits per heavy atom. The molecule has 1 aromatic rings. The van der Waals surface area contributed by atoms with Crippen molar-refractivity contribution >= 4 is 11.5 Å². The molecule has 0 spiro atoms. The number of anilines is 2. The van der Waals surface area contributed by atoms with Gasteiger partial charge in [0.2, 0.25) is 0 Å². The number of nitrogens with two attached hydrogens (primary N) is 1. The van der Waals surface area contributed by atoms with E-state index in [0.29, 0.717) is 6.04 Å². The Balaban J connectivity index is 2.05. The van der Waals surface area contributed by atoms with Crippen LogP contribution in [-0.4, -0.2) is 15.8 Å². The van der Waals surface area contributed by atoms with E-state index in [1.165, 1.54) is 32.1 Å². The molecule has 0 aliphatic heterocycles. The van der Waals surface area contributed by atoms with Gasteiger partial charge in [0.05, 0.1) is 11.4 Å². The Labute approximate surface area is 116 Å². The summed E-state index contributed by atoms with van der Waals surface area (Å²) >= 11 is 0. The summed E-state index contributed by atoms with van der Waals surface area (Å²) in [6.45, 7) is 4.52. The number of hydrogen-bond acceptors (Lipinski definition) is 3. The number of nitrogen functional groups attached to an aromatic ring is 1. The molecule has 2 atom stereocenters. The van der Waals surface area contributed by atoms with Crippen LogP contribution in [0.4, 0.5) is 11.5 Å². The lowest BCUT2D eigenvalue weighted by Gasteiger charge is -2.18. The summed E-state index contributed by atoms with van der Waals surface area (Å²) in [5.41, 5.74) is 8.11. The molecule has 3 N–H and O–H groups in total. The van der Waals surface area contributed by atoms with Gasteiger partial charge in [0.25, 0.3) is 0 Å². The maximum Gasteiger partial charge on any atom is 0.147 e. The van der Waals surface area contributed by atoms with Gasteiger partial charge in [-0.2, -0.15) is 5.10 Å². The van der Waals surface area contributed by atoms with Crippen LogP contribution in [-0.2, 0) is 13.5 Å². The first-order valence-electron chi connectivity index (χ1n) is 7.69. The zero-order chi connectivity index (χ0) is 13.8. The molecular formula is C15H28N4. The smallest absolute Gasteiger partial charge is 0.147 e. The molecule has 1 saturated carbocycles. The Hall–Kier alpha value is -1.19. The molecular weight excluding hydrogens is 236 g/mol. The highest BCUT2D eigenvalue weighted by atomic mass is 15.3. The van der Waals surface area contributed by atoms with Crippen LogP contribution < -0.4 is 11.1 Å². The Kier molecular flexibility index (Phi) is 4.72. The van der Waals surface area contributed by atoms with Crippen LogP contribution in [0.1, 0.15) is 58.1 Å². The van der Waals surface area contributed by atoms with Crippen molar-refractivity contribution in [2.45, 2.75) is 64.8 Å². The summed E-state index contributed by atoms with van der Waals surface area (Å²) in [6.07, 6.45) is 8.54.